The summed E-state index contributed by atoms with van der Waals surface area (Å²) in [6.45, 7) is 1.95. The fourth-order valence-corrected chi connectivity index (χ4v) is 2.94. The minimum absolute atomic E-state index is 0.0772. The molecule has 6 heteroatoms. The van der Waals surface area contributed by atoms with Crippen molar-refractivity contribution < 1.29 is 9.90 Å². The number of phenols is 1. The Hall–Kier alpha value is -1.66. The lowest BCUT2D eigenvalue weighted by Crippen LogP contribution is -2.17. The number of carbonyl (C=O) groups is 1. The number of para-hydroxylation sites is 1. The number of hydrazone groups is 1. The number of amides is 1. The van der Waals surface area contributed by atoms with Gasteiger partial charge >= 0.3 is 0 Å². The quantitative estimate of drug-likeness (QED) is 0.592. The van der Waals surface area contributed by atoms with Crippen molar-refractivity contribution in [3.8, 4) is 5.75 Å². The van der Waals surface area contributed by atoms with Gasteiger partial charge in [-0.15, -0.1) is 0 Å². The molecule has 2 rings (SSSR count). The molecule has 0 aliphatic carbocycles. The van der Waals surface area contributed by atoms with Gasteiger partial charge in [-0.25, -0.2) is 5.43 Å². The molecule has 0 aliphatic heterocycles. The standard InChI is InChI=1S/C15H12Br2N2O2/c1-9-10(6-11(16)7-13(9)17)8-18-19-15(21)12-4-2-3-5-14(12)20/h2-8,20H,1H3,(H,19,21)/b18-8+. The molecule has 21 heavy (non-hydrogen) atoms. The van der Waals surface area contributed by atoms with Crippen LogP contribution in [-0.4, -0.2) is 17.2 Å². The van der Waals surface area contributed by atoms with E-state index in [2.05, 4.69) is 42.4 Å². The monoisotopic (exact) mass is 410 g/mol. The number of phenolic OH excluding ortho intramolecular Hbond substituents is 1. The first-order valence-electron chi connectivity index (χ1n) is 6.06. The Morgan fingerprint density at radius 2 is 2.00 bits per heavy atom. The van der Waals surface area contributed by atoms with Crippen molar-refractivity contribution in [1.82, 2.24) is 5.43 Å². The van der Waals surface area contributed by atoms with Crippen LogP contribution in [0.25, 0.3) is 0 Å². The predicted molar refractivity (Wildman–Crippen MR) is 89.7 cm³/mol. The lowest BCUT2D eigenvalue weighted by Gasteiger charge is -2.05. The van der Waals surface area contributed by atoms with E-state index in [4.69, 9.17) is 0 Å². The van der Waals surface area contributed by atoms with Crippen LogP contribution in [0.2, 0.25) is 0 Å². The predicted octanol–water partition coefficient (Wildman–Crippen LogP) is 3.99. The van der Waals surface area contributed by atoms with Gasteiger partial charge in [0.2, 0.25) is 0 Å². The van der Waals surface area contributed by atoms with E-state index < -0.39 is 5.91 Å². The van der Waals surface area contributed by atoms with Crippen molar-refractivity contribution >= 4 is 44.0 Å². The molecule has 0 saturated carbocycles. The van der Waals surface area contributed by atoms with Crippen LogP contribution >= 0.6 is 31.9 Å². The van der Waals surface area contributed by atoms with Crippen LogP contribution < -0.4 is 5.43 Å². The van der Waals surface area contributed by atoms with Gasteiger partial charge in [0.1, 0.15) is 5.75 Å². The summed E-state index contributed by atoms with van der Waals surface area (Å²) >= 11 is 6.85. The van der Waals surface area contributed by atoms with Gasteiger partial charge in [-0.05, 0) is 42.3 Å². The number of nitrogens with one attached hydrogen (secondary N) is 1. The van der Waals surface area contributed by atoms with Crippen molar-refractivity contribution in [3.05, 3.63) is 62.0 Å². The summed E-state index contributed by atoms with van der Waals surface area (Å²) in [6, 6.07) is 10.1. The van der Waals surface area contributed by atoms with Gasteiger partial charge in [0.05, 0.1) is 11.8 Å². The molecule has 0 spiro atoms. The maximum absolute atomic E-state index is 11.9. The molecule has 0 heterocycles. The number of nitrogens with zero attached hydrogens (tertiary/aromatic N) is 1. The molecule has 4 nitrogen and oxygen atoms in total. The lowest BCUT2D eigenvalue weighted by molar-refractivity contribution is 0.0952. The molecule has 0 atom stereocenters. The number of hydrogen-bond donors (Lipinski definition) is 2. The summed E-state index contributed by atoms with van der Waals surface area (Å²) in [6.07, 6.45) is 1.56. The van der Waals surface area contributed by atoms with Crippen molar-refractivity contribution in [1.29, 1.82) is 0 Å². The van der Waals surface area contributed by atoms with E-state index >= 15 is 0 Å². The normalized spacial score (nSPS) is 10.8. The van der Waals surface area contributed by atoms with E-state index in [1.165, 1.54) is 12.1 Å². The highest BCUT2D eigenvalue weighted by atomic mass is 79.9. The highest BCUT2D eigenvalue weighted by Gasteiger charge is 2.08. The second kappa shape index (κ2) is 6.87. The number of aromatic hydroxyl groups is 1. The third kappa shape index (κ3) is 3.92. The van der Waals surface area contributed by atoms with E-state index in [1.807, 2.05) is 19.1 Å². The van der Waals surface area contributed by atoms with Gasteiger partial charge in [-0.3, -0.25) is 4.79 Å². The molecule has 0 aromatic heterocycles. The van der Waals surface area contributed by atoms with Crippen molar-refractivity contribution in [2.75, 3.05) is 0 Å². The van der Waals surface area contributed by atoms with Crippen LogP contribution in [0.1, 0.15) is 21.5 Å². The van der Waals surface area contributed by atoms with Gasteiger partial charge in [0.15, 0.2) is 0 Å². The molecule has 0 bridgehead atoms. The Morgan fingerprint density at radius 1 is 1.29 bits per heavy atom. The zero-order valence-corrected chi connectivity index (χ0v) is 14.3. The van der Waals surface area contributed by atoms with Crippen molar-refractivity contribution in [3.63, 3.8) is 0 Å². The summed E-state index contributed by atoms with van der Waals surface area (Å²) in [5, 5.41) is 13.5. The Balaban J connectivity index is 2.13. The number of rotatable bonds is 3. The topological polar surface area (TPSA) is 61.7 Å². The van der Waals surface area contributed by atoms with Crippen LogP contribution in [0.3, 0.4) is 0 Å². The maximum atomic E-state index is 11.9. The SMILES string of the molecule is Cc1c(Br)cc(Br)cc1/C=N/NC(=O)c1ccccc1O. The van der Waals surface area contributed by atoms with E-state index in [9.17, 15) is 9.90 Å². The van der Waals surface area contributed by atoms with E-state index in [0.717, 1.165) is 20.1 Å². The maximum Gasteiger partial charge on any atom is 0.275 e. The minimum Gasteiger partial charge on any atom is -0.507 e. The smallest absolute Gasteiger partial charge is 0.275 e. The first kappa shape index (κ1) is 15.7. The fourth-order valence-electron chi connectivity index (χ4n) is 1.69. The second-order valence-electron chi connectivity index (χ2n) is 4.32. The average molecular weight is 412 g/mol. The summed E-state index contributed by atoms with van der Waals surface area (Å²) in [4.78, 5) is 11.9. The summed E-state index contributed by atoms with van der Waals surface area (Å²) in [7, 11) is 0. The summed E-state index contributed by atoms with van der Waals surface area (Å²) in [5.74, 6) is -0.539. The van der Waals surface area contributed by atoms with Gasteiger partial charge < -0.3 is 5.11 Å². The van der Waals surface area contributed by atoms with Crippen molar-refractivity contribution in [2.24, 2.45) is 5.10 Å². The number of halogens is 2. The Labute approximate surface area is 139 Å². The lowest BCUT2D eigenvalue weighted by atomic mass is 10.1. The van der Waals surface area contributed by atoms with Gasteiger partial charge in [-0.1, -0.05) is 44.0 Å². The van der Waals surface area contributed by atoms with Gasteiger partial charge in [0.25, 0.3) is 5.91 Å². The molecular formula is C15H12Br2N2O2. The molecular weight excluding hydrogens is 400 g/mol. The van der Waals surface area contributed by atoms with E-state index in [1.54, 1.807) is 18.3 Å². The summed E-state index contributed by atoms with van der Waals surface area (Å²) < 4.78 is 1.86. The average Bonchev–Trinajstić information content (AvgIpc) is 2.44. The van der Waals surface area contributed by atoms with Crippen LogP contribution in [0.5, 0.6) is 5.75 Å². The van der Waals surface area contributed by atoms with Crippen LogP contribution in [0.4, 0.5) is 0 Å². The third-order valence-electron chi connectivity index (χ3n) is 2.87. The Morgan fingerprint density at radius 3 is 2.71 bits per heavy atom. The highest BCUT2D eigenvalue weighted by molar-refractivity contribution is 9.11. The summed E-state index contributed by atoms with van der Waals surface area (Å²) in [5.41, 5.74) is 4.46. The first-order chi connectivity index (χ1) is 9.99. The Kier molecular flexibility index (Phi) is 5.14. The molecule has 0 aliphatic rings. The van der Waals surface area contributed by atoms with E-state index in [0.29, 0.717) is 0 Å². The number of carbonyl (C=O) groups excluding carboxylic acids is 1. The van der Waals surface area contributed by atoms with Crippen LogP contribution in [0, 0.1) is 6.92 Å². The van der Waals surface area contributed by atoms with Gasteiger partial charge in [-0.2, -0.15) is 5.10 Å². The molecule has 0 saturated heterocycles. The Bertz CT molecular complexity index is 715. The minimum atomic E-state index is -0.462. The zero-order valence-electron chi connectivity index (χ0n) is 11.1. The van der Waals surface area contributed by atoms with Gasteiger partial charge in [0, 0.05) is 8.95 Å². The molecule has 0 radical (unpaired) electrons. The third-order valence-corrected chi connectivity index (χ3v) is 4.15. The first-order valence-corrected chi connectivity index (χ1v) is 7.64. The molecule has 2 aromatic carbocycles. The highest BCUT2D eigenvalue weighted by Crippen LogP contribution is 2.24. The van der Waals surface area contributed by atoms with E-state index in [-0.39, 0.29) is 11.3 Å². The molecule has 1 amide bonds. The fraction of sp³-hybridized carbons (Fsp3) is 0.0667. The largest absolute Gasteiger partial charge is 0.507 e. The molecule has 0 fully saturated rings. The molecule has 108 valence electrons. The molecule has 2 aromatic rings. The van der Waals surface area contributed by atoms with Crippen LogP contribution in [-0.2, 0) is 0 Å². The molecule has 0 unspecified atom stereocenters. The zero-order chi connectivity index (χ0) is 15.4. The number of hydrogen-bond acceptors (Lipinski definition) is 3. The van der Waals surface area contributed by atoms with Crippen molar-refractivity contribution in [2.45, 2.75) is 6.92 Å². The molecule has 2 N–H and O–H groups in total. The van der Waals surface area contributed by atoms with Crippen LogP contribution in [0.15, 0.2) is 50.4 Å². The second-order valence-corrected chi connectivity index (χ2v) is 6.09. The number of benzene rings is 2.